The van der Waals surface area contributed by atoms with E-state index in [0.29, 0.717) is 13.1 Å². The van der Waals surface area contributed by atoms with Crippen molar-refractivity contribution in [1.29, 1.82) is 0 Å². The summed E-state index contributed by atoms with van der Waals surface area (Å²) in [6.45, 7) is 8.18. The highest BCUT2D eigenvalue weighted by molar-refractivity contribution is 5.77. The van der Waals surface area contributed by atoms with Gasteiger partial charge in [0.1, 0.15) is 0 Å². The molecule has 5 heteroatoms. The summed E-state index contributed by atoms with van der Waals surface area (Å²) in [6.07, 6.45) is 5.58. The van der Waals surface area contributed by atoms with Crippen LogP contribution in [0.5, 0.6) is 0 Å². The van der Waals surface area contributed by atoms with E-state index in [1.165, 1.54) is 25.0 Å². The first-order valence-electron chi connectivity index (χ1n) is 7.14. The number of nitrogens with one attached hydrogen (secondary N) is 1. The van der Waals surface area contributed by atoms with Crippen LogP contribution in [0.25, 0.3) is 0 Å². The van der Waals surface area contributed by atoms with Gasteiger partial charge in [0.25, 0.3) is 0 Å². The van der Waals surface area contributed by atoms with E-state index in [1.807, 2.05) is 13.3 Å². The van der Waals surface area contributed by atoms with Crippen LogP contribution in [0.2, 0.25) is 0 Å². The zero-order valence-electron chi connectivity index (χ0n) is 12.0. The first-order valence-corrected chi connectivity index (χ1v) is 7.14. The number of likely N-dealkylation sites (tertiary alicyclic amines) is 1. The van der Waals surface area contributed by atoms with Crippen molar-refractivity contribution >= 4 is 5.91 Å². The second kappa shape index (κ2) is 6.70. The summed E-state index contributed by atoms with van der Waals surface area (Å²) in [4.78, 5) is 18.3. The van der Waals surface area contributed by atoms with Crippen molar-refractivity contribution in [2.24, 2.45) is 0 Å². The van der Waals surface area contributed by atoms with Gasteiger partial charge in [-0.15, -0.1) is 0 Å². The fourth-order valence-corrected chi connectivity index (χ4v) is 2.46. The van der Waals surface area contributed by atoms with Crippen molar-refractivity contribution in [2.45, 2.75) is 39.7 Å². The molecule has 106 valence electrons. The maximum atomic E-state index is 11.8. The van der Waals surface area contributed by atoms with Crippen LogP contribution in [-0.2, 0) is 11.3 Å². The number of hydrogen-bond acceptors (Lipinski definition) is 3. The molecular formula is C14H24N4O. The number of aryl methyl sites for hydroxylation is 1. The fourth-order valence-electron chi connectivity index (χ4n) is 2.46. The third kappa shape index (κ3) is 4.06. The van der Waals surface area contributed by atoms with Crippen LogP contribution in [-0.4, -0.2) is 46.5 Å². The predicted octanol–water partition coefficient (Wildman–Crippen LogP) is 1.10. The minimum atomic E-state index is 0.136. The van der Waals surface area contributed by atoms with Crippen LogP contribution in [0.1, 0.15) is 30.7 Å². The number of aromatic nitrogens is 2. The zero-order chi connectivity index (χ0) is 13.7. The van der Waals surface area contributed by atoms with E-state index in [9.17, 15) is 4.79 Å². The average Bonchev–Trinajstić information content (AvgIpc) is 2.72. The second-order valence-corrected chi connectivity index (χ2v) is 5.30. The summed E-state index contributed by atoms with van der Waals surface area (Å²) in [5, 5.41) is 2.99. The van der Waals surface area contributed by atoms with Crippen molar-refractivity contribution < 1.29 is 4.79 Å². The standard InChI is InChI=1S/C14H24N4O/c1-12-13(2)18(11-16-12)9-6-15-14(19)10-17-7-4-3-5-8-17/h11H,3-10H2,1-2H3,(H,15,19). The van der Waals surface area contributed by atoms with E-state index < -0.39 is 0 Å². The van der Waals surface area contributed by atoms with E-state index in [1.54, 1.807) is 0 Å². The molecule has 5 nitrogen and oxygen atoms in total. The summed E-state index contributed by atoms with van der Waals surface area (Å²) in [5.41, 5.74) is 2.23. The lowest BCUT2D eigenvalue weighted by atomic mass is 10.1. The quantitative estimate of drug-likeness (QED) is 0.866. The maximum absolute atomic E-state index is 11.8. The largest absolute Gasteiger partial charge is 0.353 e. The van der Waals surface area contributed by atoms with Crippen molar-refractivity contribution in [2.75, 3.05) is 26.2 Å². The Bertz CT molecular complexity index is 421. The molecule has 0 atom stereocenters. The number of carbonyl (C=O) groups is 1. The molecule has 2 rings (SSSR count). The van der Waals surface area contributed by atoms with E-state index in [2.05, 4.69) is 26.7 Å². The molecule has 0 spiro atoms. The van der Waals surface area contributed by atoms with Crippen molar-refractivity contribution in [1.82, 2.24) is 19.8 Å². The molecule has 0 aliphatic carbocycles. The molecule has 1 aromatic rings. The van der Waals surface area contributed by atoms with Gasteiger partial charge in [0, 0.05) is 18.8 Å². The van der Waals surface area contributed by atoms with Gasteiger partial charge in [0.2, 0.25) is 5.91 Å². The summed E-state index contributed by atoms with van der Waals surface area (Å²) >= 11 is 0. The van der Waals surface area contributed by atoms with Gasteiger partial charge < -0.3 is 9.88 Å². The molecule has 0 saturated carbocycles. The maximum Gasteiger partial charge on any atom is 0.234 e. The van der Waals surface area contributed by atoms with Gasteiger partial charge in [-0.2, -0.15) is 0 Å². The molecular weight excluding hydrogens is 240 g/mol. The minimum absolute atomic E-state index is 0.136. The van der Waals surface area contributed by atoms with Crippen LogP contribution in [0.15, 0.2) is 6.33 Å². The molecule has 1 aromatic heterocycles. The van der Waals surface area contributed by atoms with Gasteiger partial charge in [-0.05, 0) is 39.8 Å². The number of imidazole rings is 1. The molecule has 1 aliphatic rings. The van der Waals surface area contributed by atoms with Crippen LogP contribution >= 0.6 is 0 Å². The molecule has 0 unspecified atom stereocenters. The Hall–Kier alpha value is -1.36. The SMILES string of the molecule is Cc1ncn(CCNC(=O)CN2CCCCC2)c1C. The van der Waals surface area contributed by atoms with E-state index in [-0.39, 0.29) is 5.91 Å². The molecule has 1 amide bonds. The number of rotatable bonds is 5. The summed E-state index contributed by atoms with van der Waals surface area (Å²) in [7, 11) is 0. The first kappa shape index (κ1) is 14.1. The molecule has 2 heterocycles. The Morgan fingerprint density at radius 1 is 1.32 bits per heavy atom. The Morgan fingerprint density at radius 2 is 2.05 bits per heavy atom. The topological polar surface area (TPSA) is 50.2 Å². The van der Waals surface area contributed by atoms with Crippen LogP contribution in [0.4, 0.5) is 0 Å². The Balaban J connectivity index is 1.67. The third-order valence-corrected chi connectivity index (χ3v) is 3.84. The molecule has 0 bridgehead atoms. The van der Waals surface area contributed by atoms with Crippen LogP contribution in [0.3, 0.4) is 0 Å². The Labute approximate surface area is 115 Å². The fraction of sp³-hybridized carbons (Fsp3) is 0.714. The average molecular weight is 264 g/mol. The van der Waals surface area contributed by atoms with Crippen LogP contribution < -0.4 is 5.32 Å². The summed E-state index contributed by atoms with van der Waals surface area (Å²) < 4.78 is 2.08. The Kier molecular flexibility index (Phi) is 4.96. The van der Waals surface area contributed by atoms with E-state index in [0.717, 1.165) is 25.3 Å². The smallest absolute Gasteiger partial charge is 0.234 e. The van der Waals surface area contributed by atoms with E-state index >= 15 is 0 Å². The van der Waals surface area contributed by atoms with Gasteiger partial charge in [0.05, 0.1) is 18.6 Å². The number of piperidine rings is 1. The van der Waals surface area contributed by atoms with Crippen molar-refractivity contribution in [3.8, 4) is 0 Å². The highest BCUT2D eigenvalue weighted by Gasteiger charge is 2.13. The Morgan fingerprint density at radius 3 is 2.68 bits per heavy atom. The van der Waals surface area contributed by atoms with E-state index in [4.69, 9.17) is 0 Å². The van der Waals surface area contributed by atoms with Gasteiger partial charge in [-0.25, -0.2) is 4.98 Å². The van der Waals surface area contributed by atoms with Gasteiger partial charge in [-0.3, -0.25) is 9.69 Å². The molecule has 0 radical (unpaired) electrons. The lowest BCUT2D eigenvalue weighted by molar-refractivity contribution is -0.122. The highest BCUT2D eigenvalue weighted by Crippen LogP contribution is 2.07. The molecule has 1 aliphatic heterocycles. The van der Waals surface area contributed by atoms with Gasteiger partial charge >= 0.3 is 0 Å². The summed E-state index contributed by atoms with van der Waals surface area (Å²) in [5.74, 6) is 0.136. The molecule has 1 saturated heterocycles. The highest BCUT2D eigenvalue weighted by atomic mass is 16.2. The molecule has 1 fully saturated rings. The van der Waals surface area contributed by atoms with Gasteiger partial charge in [-0.1, -0.05) is 6.42 Å². The van der Waals surface area contributed by atoms with Gasteiger partial charge in [0.15, 0.2) is 0 Å². The number of amides is 1. The predicted molar refractivity (Wildman–Crippen MR) is 75.0 cm³/mol. The zero-order valence-corrected chi connectivity index (χ0v) is 12.0. The normalized spacial score (nSPS) is 16.5. The van der Waals surface area contributed by atoms with Crippen molar-refractivity contribution in [3.63, 3.8) is 0 Å². The lowest BCUT2D eigenvalue weighted by Crippen LogP contribution is -2.40. The summed E-state index contributed by atoms with van der Waals surface area (Å²) in [6, 6.07) is 0. The third-order valence-electron chi connectivity index (χ3n) is 3.84. The number of carbonyl (C=O) groups excluding carboxylic acids is 1. The minimum Gasteiger partial charge on any atom is -0.353 e. The van der Waals surface area contributed by atoms with Crippen molar-refractivity contribution in [3.05, 3.63) is 17.7 Å². The molecule has 1 N–H and O–H groups in total. The molecule has 19 heavy (non-hydrogen) atoms. The second-order valence-electron chi connectivity index (χ2n) is 5.30. The number of nitrogens with zero attached hydrogens (tertiary/aromatic N) is 3. The van der Waals surface area contributed by atoms with Crippen LogP contribution in [0, 0.1) is 13.8 Å². The monoisotopic (exact) mass is 264 g/mol. The lowest BCUT2D eigenvalue weighted by Gasteiger charge is -2.25. The number of hydrogen-bond donors (Lipinski definition) is 1. The first-order chi connectivity index (χ1) is 9.16. The molecule has 0 aromatic carbocycles.